The standard InChI is InChI=1S/C24H29N5O2/c1-3-19-9-7-8-12-21(19)25-22(30)17-28-13-15-29(16-14-28)18(2)23-26-27-24(31-23)20-10-5-4-6-11-20/h4-12,18H,3,13-17H2,1-2H3,(H,25,30)/t18-/m1/s1. The maximum atomic E-state index is 12.5. The molecule has 1 aliphatic rings. The fourth-order valence-corrected chi connectivity index (χ4v) is 3.91. The van der Waals surface area contributed by atoms with E-state index in [4.69, 9.17) is 4.42 Å². The number of nitrogens with zero attached hydrogens (tertiary/aromatic N) is 4. The SMILES string of the molecule is CCc1ccccc1NC(=O)CN1CCN([C@H](C)c2nnc(-c3ccccc3)o2)CC1. The summed E-state index contributed by atoms with van der Waals surface area (Å²) in [6, 6.07) is 17.8. The van der Waals surface area contributed by atoms with Crippen LogP contribution in [0.5, 0.6) is 0 Å². The molecule has 1 atom stereocenters. The summed E-state index contributed by atoms with van der Waals surface area (Å²) in [7, 11) is 0. The van der Waals surface area contributed by atoms with Crippen LogP contribution in [0.2, 0.25) is 0 Å². The van der Waals surface area contributed by atoms with Gasteiger partial charge in [-0.05, 0) is 37.1 Å². The Bertz CT molecular complexity index is 996. The first-order chi connectivity index (χ1) is 15.1. The number of hydrogen-bond donors (Lipinski definition) is 1. The zero-order valence-corrected chi connectivity index (χ0v) is 18.1. The molecule has 1 N–H and O–H groups in total. The summed E-state index contributed by atoms with van der Waals surface area (Å²) in [6.45, 7) is 7.94. The van der Waals surface area contributed by atoms with Crippen molar-refractivity contribution in [2.45, 2.75) is 26.3 Å². The minimum atomic E-state index is 0.0341. The number of nitrogens with one attached hydrogen (secondary N) is 1. The van der Waals surface area contributed by atoms with Gasteiger partial charge in [0.2, 0.25) is 17.7 Å². The molecule has 0 bridgehead atoms. The van der Waals surface area contributed by atoms with Crippen LogP contribution in [0.4, 0.5) is 5.69 Å². The second-order valence-electron chi connectivity index (χ2n) is 7.86. The van der Waals surface area contributed by atoms with Crippen molar-refractivity contribution < 1.29 is 9.21 Å². The molecule has 2 heterocycles. The van der Waals surface area contributed by atoms with E-state index in [-0.39, 0.29) is 11.9 Å². The van der Waals surface area contributed by atoms with Crippen molar-refractivity contribution in [2.24, 2.45) is 0 Å². The fourth-order valence-electron chi connectivity index (χ4n) is 3.91. The van der Waals surface area contributed by atoms with E-state index in [1.165, 1.54) is 0 Å². The average molecular weight is 420 g/mol. The summed E-state index contributed by atoms with van der Waals surface area (Å²) in [5, 5.41) is 11.5. The smallest absolute Gasteiger partial charge is 0.247 e. The molecule has 0 spiro atoms. The largest absolute Gasteiger partial charge is 0.419 e. The molecule has 0 saturated carbocycles. The number of carbonyl (C=O) groups is 1. The highest BCUT2D eigenvalue weighted by atomic mass is 16.4. The van der Waals surface area contributed by atoms with E-state index in [9.17, 15) is 4.79 Å². The lowest BCUT2D eigenvalue weighted by molar-refractivity contribution is -0.117. The van der Waals surface area contributed by atoms with E-state index in [0.717, 1.165) is 49.4 Å². The Kier molecular flexibility index (Phi) is 6.74. The molecule has 0 aliphatic carbocycles. The highest BCUT2D eigenvalue weighted by Crippen LogP contribution is 2.24. The molecule has 1 aliphatic heterocycles. The lowest BCUT2D eigenvalue weighted by Gasteiger charge is -2.36. The van der Waals surface area contributed by atoms with E-state index in [2.05, 4.69) is 45.2 Å². The Balaban J connectivity index is 1.28. The van der Waals surface area contributed by atoms with Crippen molar-refractivity contribution in [2.75, 3.05) is 38.0 Å². The molecule has 7 heteroatoms. The van der Waals surface area contributed by atoms with Crippen LogP contribution in [0.3, 0.4) is 0 Å². The third-order valence-corrected chi connectivity index (χ3v) is 5.81. The zero-order valence-electron chi connectivity index (χ0n) is 18.1. The van der Waals surface area contributed by atoms with Crippen LogP contribution in [0.25, 0.3) is 11.5 Å². The van der Waals surface area contributed by atoms with E-state index < -0.39 is 0 Å². The number of anilines is 1. The number of para-hydroxylation sites is 1. The number of piperazine rings is 1. The summed E-state index contributed by atoms with van der Waals surface area (Å²) in [5.74, 6) is 1.21. The normalized spacial score (nSPS) is 16.2. The Morgan fingerprint density at radius 2 is 1.74 bits per heavy atom. The molecular weight excluding hydrogens is 390 g/mol. The Morgan fingerprint density at radius 1 is 1.03 bits per heavy atom. The number of amides is 1. The van der Waals surface area contributed by atoms with Gasteiger partial charge in [-0.25, -0.2) is 0 Å². The van der Waals surface area contributed by atoms with Gasteiger partial charge >= 0.3 is 0 Å². The molecule has 4 rings (SSSR count). The maximum absolute atomic E-state index is 12.5. The lowest BCUT2D eigenvalue weighted by Crippen LogP contribution is -2.49. The number of aromatic nitrogens is 2. The topological polar surface area (TPSA) is 74.5 Å². The van der Waals surface area contributed by atoms with Crippen molar-refractivity contribution in [1.82, 2.24) is 20.0 Å². The van der Waals surface area contributed by atoms with Crippen LogP contribution in [0.15, 0.2) is 59.0 Å². The average Bonchev–Trinajstić information content (AvgIpc) is 3.30. The van der Waals surface area contributed by atoms with Gasteiger partial charge in [-0.15, -0.1) is 10.2 Å². The van der Waals surface area contributed by atoms with E-state index in [1.54, 1.807) is 0 Å². The first-order valence-corrected chi connectivity index (χ1v) is 10.9. The first-order valence-electron chi connectivity index (χ1n) is 10.9. The van der Waals surface area contributed by atoms with Gasteiger partial charge in [0.1, 0.15) is 0 Å². The van der Waals surface area contributed by atoms with E-state index in [1.807, 2.05) is 48.5 Å². The van der Waals surface area contributed by atoms with Crippen LogP contribution < -0.4 is 5.32 Å². The molecule has 0 radical (unpaired) electrons. The molecule has 3 aromatic rings. The third-order valence-electron chi connectivity index (χ3n) is 5.81. The Hall–Kier alpha value is -3.03. The summed E-state index contributed by atoms with van der Waals surface area (Å²) in [6.07, 6.45) is 0.897. The van der Waals surface area contributed by atoms with Gasteiger partial charge in [0.25, 0.3) is 0 Å². The molecule has 1 saturated heterocycles. The maximum Gasteiger partial charge on any atom is 0.247 e. The van der Waals surface area contributed by atoms with Crippen LogP contribution in [0, 0.1) is 0 Å². The van der Waals surface area contributed by atoms with Gasteiger partial charge in [-0.2, -0.15) is 0 Å². The summed E-state index contributed by atoms with van der Waals surface area (Å²) < 4.78 is 5.92. The van der Waals surface area contributed by atoms with Crippen molar-refractivity contribution in [3.8, 4) is 11.5 Å². The molecule has 7 nitrogen and oxygen atoms in total. The van der Waals surface area contributed by atoms with Crippen LogP contribution in [0.1, 0.15) is 31.3 Å². The van der Waals surface area contributed by atoms with Crippen molar-refractivity contribution >= 4 is 11.6 Å². The molecule has 31 heavy (non-hydrogen) atoms. The van der Waals surface area contributed by atoms with Crippen LogP contribution in [-0.2, 0) is 11.2 Å². The molecular formula is C24H29N5O2. The molecule has 162 valence electrons. The van der Waals surface area contributed by atoms with Gasteiger partial charge < -0.3 is 9.73 Å². The third kappa shape index (κ3) is 5.18. The number of benzene rings is 2. The minimum absolute atomic E-state index is 0.0341. The van der Waals surface area contributed by atoms with Gasteiger partial charge in [-0.3, -0.25) is 14.6 Å². The van der Waals surface area contributed by atoms with Gasteiger partial charge in [-0.1, -0.05) is 43.3 Å². The molecule has 1 amide bonds. The predicted molar refractivity (Wildman–Crippen MR) is 121 cm³/mol. The summed E-state index contributed by atoms with van der Waals surface area (Å²) in [5.41, 5.74) is 2.99. The van der Waals surface area contributed by atoms with E-state index in [0.29, 0.717) is 18.3 Å². The van der Waals surface area contributed by atoms with Crippen molar-refractivity contribution in [3.63, 3.8) is 0 Å². The highest BCUT2D eigenvalue weighted by Gasteiger charge is 2.26. The second kappa shape index (κ2) is 9.85. The Morgan fingerprint density at radius 3 is 2.48 bits per heavy atom. The minimum Gasteiger partial charge on any atom is -0.419 e. The summed E-state index contributed by atoms with van der Waals surface area (Å²) >= 11 is 0. The van der Waals surface area contributed by atoms with Gasteiger partial charge in [0.05, 0.1) is 12.6 Å². The first kappa shape index (κ1) is 21.2. The van der Waals surface area contributed by atoms with Crippen LogP contribution in [-0.4, -0.2) is 58.6 Å². The predicted octanol–water partition coefficient (Wildman–Crippen LogP) is 3.62. The fraction of sp³-hybridized carbons (Fsp3) is 0.375. The number of hydrogen-bond acceptors (Lipinski definition) is 6. The van der Waals surface area contributed by atoms with Crippen molar-refractivity contribution in [1.29, 1.82) is 0 Å². The molecule has 0 unspecified atom stereocenters. The van der Waals surface area contributed by atoms with Crippen molar-refractivity contribution in [3.05, 3.63) is 66.1 Å². The van der Waals surface area contributed by atoms with Gasteiger partial charge in [0, 0.05) is 37.4 Å². The zero-order chi connectivity index (χ0) is 21.6. The quantitative estimate of drug-likeness (QED) is 0.631. The number of aryl methyl sites for hydroxylation is 1. The number of carbonyl (C=O) groups excluding carboxylic acids is 1. The van der Waals surface area contributed by atoms with Crippen LogP contribution >= 0.6 is 0 Å². The highest BCUT2D eigenvalue weighted by molar-refractivity contribution is 5.93. The molecule has 1 aromatic heterocycles. The number of rotatable bonds is 7. The Labute approximate surface area is 183 Å². The van der Waals surface area contributed by atoms with Gasteiger partial charge in [0.15, 0.2) is 0 Å². The lowest BCUT2D eigenvalue weighted by atomic mass is 10.1. The molecule has 2 aromatic carbocycles. The monoisotopic (exact) mass is 419 g/mol. The molecule has 1 fully saturated rings. The summed E-state index contributed by atoms with van der Waals surface area (Å²) in [4.78, 5) is 17.0. The second-order valence-corrected chi connectivity index (χ2v) is 7.86. The van der Waals surface area contributed by atoms with E-state index >= 15 is 0 Å².